The molecule has 0 aliphatic heterocycles. The number of para-hydroxylation sites is 1. The minimum atomic E-state index is -4.59. The zero-order chi connectivity index (χ0) is 37.3. The van der Waals surface area contributed by atoms with E-state index >= 15 is 4.39 Å². The van der Waals surface area contributed by atoms with Crippen LogP contribution in [0.1, 0.15) is 108 Å². The molecular formula is C40H49F4N3O3S. The van der Waals surface area contributed by atoms with E-state index in [1.54, 1.807) is 24.3 Å². The molecule has 2 aliphatic rings. The fourth-order valence-corrected chi connectivity index (χ4v) is 8.79. The topological polar surface area (TPSA) is 105 Å². The SMILES string of the molecule is CCC(C)[C@H](CC(=O)C1(c2ccccc2F)CCCC1)C(=O)N[C@]1(C(=O)C[C@H](C(N)=S)C(C)CC)CCc2[nH]c3c(C(F)(F)F)cccc3c2C1. The molecule has 1 amide bonds. The molecule has 6 nitrogen and oxygen atoms in total. The maximum atomic E-state index is 15.2. The van der Waals surface area contributed by atoms with Gasteiger partial charge in [0.2, 0.25) is 5.91 Å². The van der Waals surface area contributed by atoms with Crippen LogP contribution in [-0.2, 0) is 38.8 Å². The third kappa shape index (κ3) is 7.50. The Labute approximate surface area is 302 Å². The third-order valence-corrected chi connectivity index (χ3v) is 12.4. The number of hydrogen-bond acceptors (Lipinski definition) is 4. The summed E-state index contributed by atoms with van der Waals surface area (Å²) in [4.78, 5) is 46.7. The number of Topliss-reactive ketones (excluding diaryl/α,β-unsaturated/α-hetero) is 2. The Bertz CT molecular complexity index is 1800. The van der Waals surface area contributed by atoms with Crippen molar-refractivity contribution >= 4 is 45.6 Å². The highest BCUT2D eigenvalue weighted by Gasteiger charge is 2.49. The van der Waals surface area contributed by atoms with Crippen molar-refractivity contribution in [1.82, 2.24) is 10.3 Å². The van der Waals surface area contributed by atoms with E-state index in [1.165, 1.54) is 12.1 Å². The lowest BCUT2D eigenvalue weighted by Crippen LogP contribution is -2.60. The standard InChI is InChI=1S/C40H49F4N3O3S/c1-5-23(3)26(36(45)51)20-34(49)39(19-16-32-28(22-39)25-12-11-14-30(35(25)46-32)40(42,43)44)47-37(50)27(24(4)6-2)21-33(48)38(17-9-10-18-38)29-13-7-8-15-31(29)41/h7-8,11-15,23-24,26-27,46H,5-6,9-10,16-22H2,1-4H3,(H2,45,51)(H,47,50)/t23?,24?,26-,27-,39+/m0/s1. The molecule has 1 heterocycles. The molecule has 276 valence electrons. The van der Waals surface area contributed by atoms with E-state index in [-0.39, 0.29) is 66.0 Å². The van der Waals surface area contributed by atoms with Crippen molar-refractivity contribution in [3.8, 4) is 0 Å². The summed E-state index contributed by atoms with van der Waals surface area (Å²) in [7, 11) is 0. The molecule has 51 heavy (non-hydrogen) atoms. The normalized spacial score (nSPS) is 21.0. The Hall–Kier alpha value is -3.60. The number of hydrogen-bond donors (Lipinski definition) is 3. The Morgan fingerprint density at radius 1 is 0.922 bits per heavy atom. The molecule has 2 aromatic carbocycles. The van der Waals surface area contributed by atoms with Gasteiger partial charge in [0.1, 0.15) is 17.1 Å². The fourth-order valence-electron chi connectivity index (χ4n) is 8.47. The summed E-state index contributed by atoms with van der Waals surface area (Å²) in [5.74, 6) is -2.95. The van der Waals surface area contributed by atoms with E-state index in [9.17, 15) is 27.6 Å². The van der Waals surface area contributed by atoms with E-state index < -0.39 is 46.3 Å². The Morgan fingerprint density at radius 3 is 2.16 bits per heavy atom. The highest BCUT2D eigenvalue weighted by Crippen LogP contribution is 2.45. The lowest BCUT2D eigenvalue weighted by molar-refractivity contribution is -0.138. The van der Waals surface area contributed by atoms with Crippen molar-refractivity contribution in [2.75, 3.05) is 0 Å². The molecule has 1 saturated carbocycles. The lowest BCUT2D eigenvalue weighted by Gasteiger charge is -2.40. The number of H-pyrrole nitrogens is 1. The Kier molecular flexibility index (Phi) is 11.5. The molecule has 2 unspecified atom stereocenters. The molecule has 0 spiro atoms. The zero-order valence-electron chi connectivity index (χ0n) is 29.9. The number of thiocarbonyl (C=S) groups is 1. The first-order valence-electron chi connectivity index (χ1n) is 18.2. The van der Waals surface area contributed by atoms with Gasteiger partial charge in [-0.3, -0.25) is 14.4 Å². The molecule has 5 atom stereocenters. The summed E-state index contributed by atoms with van der Waals surface area (Å²) in [6.07, 6.45) is -0.638. The molecule has 0 saturated heterocycles. The summed E-state index contributed by atoms with van der Waals surface area (Å²) in [6, 6.07) is 10.3. The van der Waals surface area contributed by atoms with Crippen LogP contribution in [-0.4, -0.2) is 33.0 Å². The first-order chi connectivity index (χ1) is 24.1. The van der Waals surface area contributed by atoms with Gasteiger partial charge < -0.3 is 16.0 Å². The predicted molar refractivity (Wildman–Crippen MR) is 195 cm³/mol. The van der Waals surface area contributed by atoms with Gasteiger partial charge in [-0.2, -0.15) is 13.2 Å². The molecule has 1 fully saturated rings. The number of carbonyl (C=O) groups excluding carboxylic acids is 3. The number of amides is 1. The van der Waals surface area contributed by atoms with Gasteiger partial charge in [0.25, 0.3) is 0 Å². The summed E-state index contributed by atoms with van der Waals surface area (Å²) in [6.45, 7) is 7.74. The molecule has 5 rings (SSSR count). The first kappa shape index (κ1) is 38.6. The summed E-state index contributed by atoms with van der Waals surface area (Å²) in [5, 5.41) is 3.46. The summed E-state index contributed by atoms with van der Waals surface area (Å²) in [5.41, 5.74) is 4.26. The molecule has 0 bridgehead atoms. The number of fused-ring (bicyclic) bond motifs is 3. The monoisotopic (exact) mass is 727 g/mol. The second-order valence-corrected chi connectivity index (χ2v) is 15.4. The van der Waals surface area contributed by atoms with Crippen molar-refractivity contribution in [1.29, 1.82) is 0 Å². The number of benzene rings is 2. The number of alkyl halides is 3. The van der Waals surface area contributed by atoms with Crippen molar-refractivity contribution in [3.63, 3.8) is 0 Å². The first-order valence-corrected chi connectivity index (χ1v) is 18.6. The van der Waals surface area contributed by atoms with Gasteiger partial charge >= 0.3 is 6.18 Å². The number of halogens is 4. The van der Waals surface area contributed by atoms with Crippen LogP contribution in [0.4, 0.5) is 17.6 Å². The van der Waals surface area contributed by atoms with Gasteiger partial charge in [0, 0.05) is 47.7 Å². The predicted octanol–water partition coefficient (Wildman–Crippen LogP) is 8.71. The van der Waals surface area contributed by atoms with E-state index in [4.69, 9.17) is 18.0 Å². The van der Waals surface area contributed by atoms with Crippen LogP contribution in [0.3, 0.4) is 0 Å². The molecule has 1 aromatic heterocycles. The van der Waals surface area contributed by atoms with Gasteiger partial charge in [-0.25, -0.2) is 4.39 Å². The molecular weight excluding hydrogens is 679 g/mol. The molecule has 3 aromatic rings. The number of nitrogens with one attached hydrogen (secondary N) is 2. The van der Waals surface area contributed by atoms with Crippen molar-refractivity contribution in [2.45, 2.75) is 115 Å². The largest absolute Gasteiger partial charge is 0.418 e. The molecule has 0 radical (unpaired) electrons. The Morgan fingerprint density at radius 2 is 1.55 bits per heavy atom. The van der Waals surface area contributed by atoms with Crippen LogP contribution in [0.2, 0.25) is 0 Å². The molecule has 11 heteroatoms. The average Bonchev–Trinajstić information content (AvgIpc) is 3.74. The highest BCUT2D eigenvalue weighted by molar-refractivity contribution is 7.80. The van der Waals surface area contributed by atoms with Gasteiger partial charge in [-0.1, -0.05) is 95.9 Å². The summed E-state index contributed by atoms with van der Waals surface area (Å²) < 4.78 is 57.3. The minimum Gasteiger partial charge on any atom is -0.393 e. The molecule has 4 N–H and O–H groups in total. The number of carbonyl (C=O) groups is 3. The molecule has 2 aliphatic carbocycles. The number of aromatic amines is 1. The van der Waals surface area contributed by atoms with Crippen LogP contribution >= 0.6 is 12.2 Å². The smallest absolute Gasteiger partial charge is 0.393 e. The second-order valence-electron chi connectivity index (χ2n) is 15.0. The van der Waals surface area contributed by atoms with Crippen LogP contribution in [0.25, 0.3) is 10.9 Å². The average molecular weight is 728 g/mol. The van der Waals surface area contributed by atoms with Gasteiger partial charge in [0.05, 0.1) is 21.5 Å². The second kappa shape index (κ2) is 15.2. The van der Waals surface area contributed by atoms with Crippen LogP contribution in [0.5, 0.6) is 0 Å². The van der Waals surface area contributed by atoms with Crippen molar-refractivity contribution in [3.05, 3.63) is 70.7 Å². The van der Waals surface area contributed by atoms with Gasteiger partial charge in [-0.05, 0) is 55.2 Å². The van der Waals surface area contributed by atoms with Crippen LogP contribution < -0.4 is 11.1 Å². The number of aromatic nitrogens is 1. The van der Waals surface area contributed by atoms with Crippen LogP contribution in [0.15, 0.2) is 42.5 Å². The maximum Gasteiger partial charge on any atom is 0.418 e. The van der Waals surface area contributed by atoms with Gasteiger partial charge in [-0.15, -0.1) is 0 Å². The number of ketones is 2. The minimum absolute atomic E-state index is 0.0211. The maximum absolute atomic E-state index is 15.2. The van der Waals surface area contributed by atoms with Crippen molar-refractivity contribution in [2.24, 2.45) is 29.4 Å². The van der Waals surface area contributed by atoms with Gasteiger partial charge in [0.15, 0.2) is 5.78 Å². The van der Waals surface area contributed by atoms with Crippen molar-refractivity contribution < 1.29 is 31.9 Å². The fraction of sp³-hybridized carbons (Fsp3) is 0.550. The van der Waals surface area contributed by atoms with E-state index in [2.05, 4.69) is 10.3 Å². The van der Waals surface area contributed by atoms with Crippen LogP contribution in [0, 0.1) is 29.5 Å². The third-order valence-electron chi connectivity index (χ3n) is 12.1. The lowest BCUT2D eigenvalue weighted by atomic mass is 9.70. The quantitative estimate of drug-likeness (QED) is 0.114. The Balaban J connectivity index is 1.54. The summed E-state index contributed by atoms with van der Waals surface area (Å²) >= 11 is 5.38. The van der Waals surface area contributed by atoms with E-state index in [0.717, 1.165) is 18.9 Å². The van der Waals surface area contributed by atoms with E-state index in [1.807, 2.05) is 27.7 Å². The van der Waals surface area contributed by atoms with E-state index in [0.29, 0.717) is 47.9 Å². The highest BCUT2D eigenvalue weighted by atomic mass is 32.1. The zero-order valence-corrected chi connectivity index (χ0v) is 30.7. The number of aryl methyl sites for hydroxylation is 1. The number of rotatable bonds is 14. The number of nitrogens with two attached hydrogens (primary N) is 1.